The number of aryl methyl sites for hydroxylation is 2. The first-order chi connectivity index (χ1) is 9.97. The predicted octanol–water partition coefficient (Wildman–Crippen LogP) is 5.15. The molecule has 0 bridgehead atoms. The molecular formula is C17H19Br2NO. The minimum Gasteiger partial charge on any atom is -0.496 e. The number of nitrogens with one attached hydrogen (secondary N) is 1. The second-order valence-electron chi connectivity index (χ2n) is 5.07. The van der Waals surface area contributed by atoms with E-state index in [2.05, 4.69) is 81.4 Å². The molecule has 2 aromatic rings. The molecule has 21 heavy (non-hydrogen) atoms. The molecule has 1 N–H and O–H groups in total. The molecule has 0 amide bonds. The molecule has 0 aliphatic rings. The van der Waals surface area contributed by atoms with Crippen LogP contribution in [-0.2, 0) is 0 Å². The van der Waals surface area contributed by atoms with Crippen molar-refractivity contribution in [1.82, 2.24) is 5.32 Å². The summed E-state index contributed by atoms with van der Waals surface area (Å²) >= 11 is 7.18. The predicted molar refractivity (Wildman–Crippen MR) is 95.2 cm³/mol. The molecule has 0 heterocycles. The highest BCUT2D eigenvalue weighted by atomic mass is 79.9. The third kappa shape index (κ3) is 3.50. The van der Waals surface area contributed by atoms with Crippen LogP contribution >= 0.6 is 31.9 Å². The zero-order valence-electron chi connectivity index (χ0n) is 12.6. The summed E-state index contributed by atoms with van der Waals surface area (Å²) in [5.41, 5.74) is 4.77. The summed E-state index contributed by atoms with van der Waals surface area (Å²) in [4.78, 5) is 0. The van der Waals surface area contributed by atoms with Crippen molar-refractivity contribution >= 4 is 31.9 Å². The van der Waals surface area contributed by atoms with Gasteiger partial charge in [-0.1, -0.05) is 37.9 Å². The smallest absolute Gasteiger partial charge is 0.124 e. The van der Waals surface area contributed by atoms with Crippen LogP contribution in [0.1, 0.15) is 28.3 Å². The van der Waals surface area contributed by atoms with Crippen molar-refractivity contribution in [3.05, 3.63) is 61.5 Å². The van der Waals surface area contributed by atoms with Crippen molar-refractivity contribution in [3.8, 4) is 5.75 Å². The summed E-state index contributed by atoms with van der Waals surface area (Å²) in [6.07, 6.45) is 0. The fourth-order valence-electron chi connectivity index (χ4n) is 2.47. The van der Waals surface area contributed by atoms with Gasteiger partial charge in [0.2, 0.25) is 0 Å². The largest absolute Gasteiger partial charge is 0.496 e. The Balaban J connectivity index is 2.61. The highest BCUT2D eigenvalue weighted by Crippen LogP contribution is 2.36. The van der Waals surface area contributed by atoms with Crippen LogP contribution in [0.5, 0.6) is 5.75 Å². The first-order valence-corrected chi connectivity index (χ1v) is 8.34. The van der Waals surface area contributed by atoms with E-state index >= 15 is 0 Å². The van der Waals surface area contributed by atoms with Crippen LogP contribution in [0.2, 0.25) is 0 Å². The molecule has 0 radical (unpaired) electrons. The number of rotatable bonds is 4. The van der Waals surface area contributed by atoms with Gasteiger partial charge in [-0.05, 0) is 61.9 Å². The quantitative estimate of drug-likeness (QED) is 0.749. The van der Waals surface area contributed by atoms with Crippen molar-refractivity contribution in [2.75, 3.05) is 14.2 Å². The highest BCUT2D eigenvalue weighted by Gasteiger charge is 2.20. The van der Waals surface area contributed by atoms with Gasteiger partial charge in [0, 0.05) is 14.5 Å². The maximum atomic E-state index is 5.58. The minimum absolute atomic E-state index is 0.0781. The lowest BCUT2D eigenvalue weighted by Gasteiger charge is -2.23. The summed E-state index contributed by atoms with van der Waals surface area (Å²) in [7, 11) is 3.69. The van der Waals surface area contributed by atoms with Gasteiger partial charge >= 0.3 is 0 Å². The van der Waals surface area contributed by atoms with E-state index in [1.165, 1.54) is 11.1 Å². The maximum absolute atomic E-state index is 5.58. The van der Waals surface area contributed by atoms with Gasteiger partial charge in [0.25, 0.3) is 0 Å². The number of ether oxygens (including phenoxy) is 1. The van der Waals surface area contributed by atoms with Gasteiger partial charge in [-0.2, -0.15) is 0 Å². The third-order valence-corrected chi connectivity index (χ3v) is 5.01. The van der Waals surface area contributed by atoms with Crippen LogP contribution in [0.4, 0.5) is 0 Å². The van der Waals surface area contributed by atoms with Crippen LogP contribution < -0.4 is 10.1 Å². The van der Waals surface area contributed by atoms with E-state index in [4.69, 9.17) is 4.74 Å². The Kier molecular flexibility index (Phi) is 5.47. The van der Waals surface area contributed by atoms with Crippen molar-refractivity contribution < 1.29 is 4.74 Å². The van der Waals surface area contributed by atoms with Crippen molar-refractivity contribution in [2.45, 2.75) is 19.9 Å². The fourth-order valence-corrected chi connectivity index (χ4v) is 3.21. The molecule has 0 aliphatic carbocycles. The molecule has 0 aromatic heterocycles. The molecule has 0 saturated carbocycles. The molecule has 1 unspecified atom stereocenters. The zero-order chi connectivity index (χ0) is 15.6. The van der Waals surface area contributed by atoms with Gasteiger partial charge < -0.3 is 10.1 Å². The van der Waals surface area contributed by atoms with Crippen molar-refractivity contribution in [1.29, 1.82) is 0 Å². The summed E-state index contributed by atoms with van der Waals surface area (Å²) in [5, 5.41) is 3.40. The second kappa shape index (κ2) is 6.95. The lowest BCUT2D eigenvalue weighted by Crippen LogP contribution is -2.19. The highest BCUT2D eigenvalue weighted by molar-refractivity contribution is 9.10. The summed E-state index contributed by atoms with van der Waals surface area (Å²) < 4.78 is 7.75. The van der Waals surface area contributed by atoms with E-state index in [0.29, 0.717) is 0 Å². The van der Waals surface area contributed by atoms with Crippen molar-refractivity contribution in [3.63, 3.8) is 0 Å². The van der Waals surface area contributed by atoms with E-state index in [1.807, 2.05) is 7.05 Å². The van der Waals surface area contributed by atoms with Gasteiger partial charge in [0.15, 0.2) is 0 Å². The first-order valence-electron chi connectivity index (χ1n) is 6.75. The molecule has 2 aromatic carbocycles. The second-order valence-corrected chi connectivity index (χ2v) is 6.84. The topological polar surface area (TPSA) is 21.3 Å². The molecule has 0 fully saturated rings. The zero-order valence-corrected chi connectivity index (χ0v) is 15.8. The average Bonchev–Trinajstić information content (AvgIpc) is 2.46. The fraction of sp³-hybridized carbons (Fsp3) is 0.294. The summed E-state index contributed by atoms with van der Waals surface area (Å²) in [6.45, 7) is 4.19. The Morgan fingerprint density at radius 2 is 1.71 bits per heavy atom. The van der Waals surface area contributed by atoms with Crippen LogP contribution in [0.15, 0.2) is 39.3 Å². The summed E-state index contributed by atoms with van der Waals surface area (Å²) in [5.74, 6) is 0.898. The van der Waals surface area contributed by atoms with Crippen molar-refractivity contribution in [2.24, 2.45) is 0 Å². The maximum Gasteiger partial charge on any atom is 0.124 e. The molecular weight excluding hydrogens is 394 g/mol. The average molecular weight is 413 g/mol. The van der Waals surface area contributed by atoms with Crippen LogP contribution in [0.3, 0.4) is 0 Å². The molecule has 0 aliphatic heterocycles. The number of methoxy groups -OCH3 is 1. The molecule has 4 heteroatoms. The van der Waals surface area contributed by atoms with Gasteiger partial charge in [-0.15, -0.1) is 0 Å². The number of halogens is 2. The van der Waals surface area contributed by atoms with E-state index in [0.717, 1.165) is 25.8 Å². The molecule has 2 rings (SSSR count). The molecule has 0 spiro atoms. The monoisotopic (exact) mass is 411 g/mol. The van der Waals surface area contributed by atoms with Crippen LogP contribution in [0.25, 0.3) is 0 Å². The lowest BCUT2D eigenvalue weighted by atomic mass is 9.94. The first kappa shape index (κ1) is 16.5. The number of benzene rings is 2. The van der Waals surface area contributed by atoms with E-state index in [1.54, 1.807) is 7.11 Å². The molecule has 112 valence electrons. The van der Waals surface area contributed by atoms with Crippen LogP contribution in [-0.4, -0.2) is 14.2 Å². The lowest BCUT2D eigenvalue weighted by molar-refractivity contribution is 0.405. The number of hydrogen-bond acceptors (Lipinski definition) is 2. The molecule has 0 saturated heterocycles. The van der Waals surface area contributed by atoms with Crippen LogP contribution in [0, 0.1) is 13.8 Å². The standard InChI is InChI=1S/C17H19Br2NO/c1-10-5-6-12(18)8-13(10)17(20-3)14-9-15(19)11(2)7-16(14)21-4/h5-9,17,20H,1-4H3. The molecule has 1 atom stereocenters. The van der Waals surface area contributed by atoms with E-state index < -0.39 is 0 Å². The van der Waals surface area contributed by atoms with E-state index in [-0.39, 0.29) is 6.04 Å². The Morgan fingerprint density at radius 1 is 1.00 bits per heavy atom. The normalized spacial score (nSPS) is 12.3. The molecule has 2 nitrogen and oxygen atoms in total. The van der Waals surface area contributed by atoms with Gasteiger partial charge in [-0.25, -0.2) is 0 Å². The summed E-state index contributed by atoms with van der Waals surface area (Å²) in [6, 6.07) is 10.6. The Morgan fingerprint density at radius 3 is 2.33 bits per heavy atom. The Hall–Kier alpha value is -0.840. The third-order valence-electron chi connectivity index (χ3n) is 3.66. The minimum atomic E-state index is 0.0781. The van der Waals surface area contributed by atoms with Gasteiger partial charge in [0.1, 0.15) is 5.75 Å². The van der Waals surface area contributed by atoms with Gasteiger partial charge in [-0.3, -0.25) is 0 Å². The van der Waals surface area contributed by atoms with Gasteiger partial charge in [0.05, 0.1) is 13.2 Å². The Bertz CT molecular complexity index is 655. The SMILES string of the molecule is CNC(c1cc(Br)ccc1C)c1cc(Br)c(C)cc1OC. The number of hydrogen-bond donors (Lipinski definition) is 1. The Labute approximate surface area is 143 Å². The van der Waals surface area contributed by atoms with E-state index in [9.17, 15) is 0 Å².